The van der Waals surface area contributed by atoms with E-state index in [9.17, 15) is 4.79 Å². The molecule has 0 bridgehead atoms. The summed E-state index contributed by atoms with van der Waals surface area (Å²) < 4.78 is 7.85. The average Bonchev–Trinajstić information content (AvgIpc) is 2.84. The van der Waals surface area contributed by atoms with Crippen molar-refractivity contribution in [2.45, 2.75) is 39.5 Å². The monoisotopic (exact) mass is 286 g/mol. The topological polar surface area (TPSA) is 34.5 Å². The summed E-state index contributed by atoms with van der Waals surface area (Å²) in [6.07, 6.45) is 2.17. The molecule has 0 spiro atoms. The third-order valence-corrected chi connectivity index (χ3v) is 4.07. The predicted molar refractivity (Wildman–Crippen MR) is 83.5 cm³/mol. The summed E-state index contributed by atoms with van der Waals surface area (Å²) >= 11 is 0. The van der Waals surface area contributed by atoms with Gasteiger partial charge < -0.3 is 14.2 Å². The molecule has 0 N–H and O–H groups in total. The first kappa shape index (κ1) is 14.1. The zero-order valence-corrected chi connectivity index (χ0v) is 12.9. The zero-order chi connectivity index (χ0) is 15.0. The highest BCUT2D eigenvalue weighted by molar-refractivity contribution is 6.07. The minimum atomic E-state index is 0.0947. The van der Waals surface area contributed by atoms with Crippen molar-refractivity contribution < 1.29 is 9.53 Å². The molecule has 2 unspecified atom stereocenters. The summed E-state index contributed by atoms with van der Waals surface area (Å²) in [4.78, 5) is 14.8. The minimum Gasteiger partial charge on any atom is -0.372 e. The van der Waals surface area contributed by atoms with E-state index in [0.717, 1.165) is 23.0 Å². The van der Waals surface area contributed by atoms with E-state index in [1.807, 2.05) is 43.1 Å². The van der Waals surface area contributed by atoms with Crippen molar-refractivity contribution in [2.75, 3.05) is 13.1 Å². The van der Waals surface area contributed by atoms with Crippen molar-refractivity contribution >= 4 is 16.8 Å². The SMILES string of the molecule is CCn1cc(C(=O)N2CC(C)OC(C)C2)c2ccccc21. The van der Waals surface area contributed by atoms with Crippen LogP contribution in [0.3, 0.4) is 0 Å². The average molecular weight is 286 g/mol. The fourth-order valence-corrected chi connectivity index (χ4v) is 3.19. The fraction of sp³-hybridized carbons (Fsp3) is 0.471. The summed E-state index contributed by atoms with van der Waals surface area (Å²) in [7, 11) is 0. The summed E-state index contributed by atoms with van der Waals surface area (Å²) in [5, 5.41) is 1.04. The summed E-state index contributed by atoms with van der Waals surface area (Å²) in [6.45, 7) is 8.32. The number of nitrogens with zero attached hydrogens (tertiary/aromatic N) is 2. The van der Waals surface area contributed by atoms with Gasteiger partial charge >= 0.3 is 0 Å². The van der Waals surface area contributed by atoms with Crippen LogP contribution in [0.15, 0.2) is 30.5 Å². The first-order chi connectivity index (χ1) is 10.1. The molecule has 0 aliphatic carbocycles. The van der Waals surface area contributed by atoms with Crippen LogP contribution >= 0.6 is 0 Å². The quantitative estimate of drug-likeness (QED) is 0.850. The van der Waals surface area contributed by atoms with Gasteiger partial charge in [-0.25, -0.2) is 0 Å². The largest absolute Gasteiger partial charge is 0.372 e. The first-order valence-corrected chi connectivity index (χ1v) is 7.62. The van der Waals surface area contributed by atoms with Crippen LogP contribution in [0, 0.1) is 0 Å². The second kappa shape index (κ2) is 5.53. The highest BCUT2D eigenvalue weighted by Crippen LogP contribution is 2.24. The number of hydrogen-bond acceptors (Lipinski definition) is 2. The van der Waals surface area contributed by atoms with E-state index < -0.39 is 0 Å². The Hall–Kier alpha value is -1.81. The number of ether oxygens (including phenoxy) is 1. The molecule has 1 aromatic carbocycles. The maximum Gasteiger partial charge on any atom is 0.256 e. The molecule has 1 saturated heterocycles. The number of amides is 1. The number of carbonyl (C=O) groups excluding carboxylic acids is 1. The zero-order valence-electron chi connectivity index (χ0n) is 12.9. The number of morpholine rings is 1. The van der Waals surface area contributed by atoms with Crippen molar-refractivity contribution in [1.82, 2.24) is 9.47 Å². The van der Waals surface area contributed by atoms with Gasteiger partial charge in [0.25, 0.3) is 5.91 Å². The van der Waals surface area contributed by atoms with Gasteiger partial charge in [-0.3, -0.25) is 4.79 Å². The number of aromatic nitrogens is 1. The van der Waals surface area contributed by atoms with Crippen molar-refractivity contribution in [1.29, 1.82) is 0 Å². The number of fused-ring (bicyclic) bond motifs is 1. The summed E-state index contributed by atoms with van der Waals surface area (Å²) in [5.74, 6) is 0.111. The lowest BCUT2D eigenvalue weighted by Crippen LogP contribution is -2.48. The highest BCUT2D eigenvalue weighted by atomic mass is 16.5. The van der Waals surface area contributed by atoms with E-state index in [4.69, 9.17) is 4.74 Å². The van der Waals surface area contributed by atoms with Gasteiger partial charge in [-0.15, -0.1) is 0 Å². The molecular weight excluding hydrogens is 264 g/mol. The van der Waals surface area contributed by atoms with Crippen LogP contribution < -0.4 is 0 Å². The summed E-state index contributed by atoms with van der Waals surface area (Å²) in [6, 6.07) is 8.10. The smallest absolute Gasteiger partial charge is 0.256 e. The number of benzene rings is 1. The molecule has 1 aromatic heterocycles. The second-order valence-corrected chi connectivity index (χ2v) is 5.81. The lowest BCUT2D eigenvalue weighted by Gasteiger charge is -2.35. The molecule has 1 aliphatic heterocycles. The van der Waals surface area contributed by atoms with Crippen molar-refractivity contribution in [3.05, 3.63) is 36.0 Å². The van der Waals surface area contributed by atoms with Gasteiger partial charge in [0.2, 0.25) is 0 Å². The van der Waals surface area contributed by atoms with Gasteiger partial charge in [0.15, 0.2) is 0 Å². The highest BCUT2D eigenvalue weighted by Gasteiger charge is 2.28. The van der Waals surface area contributed by atoms with Crippen LogP contribution in [0.2, 0.25) is 0 Å². The van der Waals surface area contributed by atoms with Gasteiger partial charge in [0.05, 0.1) is 17.8 Å². The molecule has 21 heavy (non-hydrogen) atoms. The van der Waals surface area contributed by atoms with Gasteiger partial charge in [-0.2, -0.15) is 0 Å². The van der Waals surface area contributed by atoms with Crippen molar-refractivity contribution in [2.24, 2.45) is 0 Å². The molecule has 3 rings (SSSR count). The Kier molecular flexibility index (Phi) is 3.72. The maximum absolute atomic E-state index is 12.9. The molecule has 4 nitrogen and oxygen atoms in total. The molecule has 1 amide bonds. The van der Waals surface area contributed by atoms with E-state index in [1.54, 1.807) is 0 Å². The Morgan fingerprint density at radius 3 is 2.57 bits per heavy atom. The molecule has 2 atom stereocenters. The third kappa shape index (κ3) is 2.56. The molecule has 4 heteroatoms. The molecule has 2 heterocycles. The lowest BCUT2D eigenvalue weighted by atomic mass is 10.1. The van der Waals surface area contributed by atoms with Crippen LogP contribution in [0.25, 0.3) is 10.9 Å². The van der Waals surface area contributed by atoms with Gasteiger partial charge in [0, 0.05) is 36.7 Å². The molecule has 0 radical (unpaired) electrons. The van der Waals surface area contributed by atoms with Crippen LogP contribution in [0.4, 0.5) is 0 Å². The van der Waals surface area contributed by atoms with Crippen molar-refractivity contribution in [3.8, 4) is 0 Å². The lowest BCUT2D eigenvalue weighted by molar-refractivity contribution is -0.0585. The van der Waals surface area contributed by atoms with Crippen LogP contribution in [-0.2, 0) is 11.3 Å². The number of carbonyl (C=O) groups is 1. The summed E-state index contributed by atoms with van der Waals surface area (Å²) in [5.41, 5.74) is 1.92. The normalized spacial score (nSPS) is 22.7. The molecule has 1 fully saturated rings. The molecule has 0 saturated carbocycles. The number of aryl methyl sites for hydroxylation is 1. The molecule has 112 valence electrons. The van der Waals surface area contributed by atoms with Gasteiger partial charge in [-0.05, 0) is 26.8 Å². The van der Waals surface area contributed by atoms with E-state index >= 15 is 0 Å². The number of rotatable bonds is 2. The number of para-hydroxylation sites is 1. The van der Waals surface area contributed by atoms with E-state index in [1.165, 1.54) is 0 Å². The first-order valence-electron chi connectivity index (χ1n) is 7.62. The molecule has 1 aliphatic rings. The third-order valence-electron chi connectivity index (χ3n) is 4.07. The van der Waals surface area contributed by atoms with E-state index in [2.05, 4.69) is 17.6 Å². The van der Waals surface area contributed by atoms with Crippen LogP contribution in [0.1, 0.15) is 31.1 Å². The maximum atomic E-state index is 12.9. The Morgan fingerprint density at radius 2 is 1.90 bits per heavy atom. The fourth-order valence-electron chi connectivity index (χ4n) is 3.19. The van der Waals surface area contributed by atoms with Gasteiger partial charge in [-0.1, -0.05) is 18.2 Å². The van der Waals surface area contributed by atoms with E-state index in [-0.39, 0.29) is 18.1 Å². The minimum absolute atomic E-state index is 0.0947. The van der Waals surface area contributed by atoms with Crippen LogP contribution in [0.5, 0.6) is 0 Å². The van der Waals surface area contributed by atoms with Crippen LogP contribution in [-0.4, -0.2) is 40.7 Å². The number of hydrogen-bond donors (Lipinski definition) is 0. The Balaban J connectivity index is 1.98. The molecular formula is C17H22N2O2. The predicted octanol–water partition coefficient (Wildman–Crippen LogP) is 2.91. The Labute approximate surface area is 125 Å². The van der Waals surface area contributed by atoms with Gasteiger partial charge in [0.1, 0.15) is 0 Å². The second-order valence-electron chi connectivity index (χ2n) is 5.81. The molecule has 2 aromatic rings. The Morgan fingerprint density at radius 1 is 1.24 bits per heavy atom. The standard InChI is InChI=1S/C17H22N2O2/c1-4-18-11-15(14-7-5-6-8-16(14)18)17(20)19-9-12(2)21-13(3)10-19/h5-8,11-13H,4,9-10H2,1-3H3. The van der Waals surface area contributed by atoms with E-state index in [0.29, 0.717) is 13.1 Å². The Bertz CT molecular complexity index is 652. The van der Waals surface area contributed by atoms with Crippen molar-refractivity contribution in [3.63, 3.8) is 0 Å².